The zero-order valence-electron chi connectivity index (χ0n) is 20.5. The molecular weight excluding hydrogens is 516 g/mol. The molecule has 1 fully saturated rings. The van der Waals surface area contributed by atoms with Crippen LogP contribution in [0, 0.1) is 0 Å². The van der Waals surface area contributed by atoms with Crippen molar-refractivity contribution in [1.29, 1.82) is 0 Å². The second-order valence-electron chi connectivity index (χ2n) is 8.91. The Morgan fingerprint density at radius 2 is 1.92 bits per heavy atom. The topological polar surface area (TPSA) is 178 Å². The van der Waals surface area contributed by atoms with E-state index >= 15 is 4.39 Å². The number of hydrogen-bond acceptors (Lipinski definition) is 10. The van der Waals surface area contributed by atoms with E-state index < -0.39 is 67.5 Å². The highest BCUT2D eigenvalue weighted by Gasteiger charge is 2.63. The predicted molar refractivity (Wildman–Crippen MR) is 126 cm³/mol. The standard InChI is InChI=1S/C22H29FN3O10P/c1-13(2)34-17(28)14(3)25-37(32,36-15-8-6-5-7-9-15)33-12-22(23)18(29)21(4,31)19(35-22)26-11-10-16(27)24-20(26)30/h5-11,13-14,18-19,29,31H,12H2,1-4H3,(H,25,32)(H,24,27,30)/t14?,18-,19?,21+,22+,37?/m0/s1. The predicted octanol–water partition coefficient (Wildman–Crippen LogP) is 0.977. The molecule has 13 nitrogen and oxygen atoms in total. The van der Waals surface area contributed by atoms with E-state index in [1.165, 1.54) is 19.1 Å². The average Bonchev–Trinajstić information content (AvgIpc) is 2.98. The van der Waals surface area contributed by atoms with Gasteiger partial charge >= 0.3 is 19.4 Å². The SMILES string of the molecule is CC(C)OC(=O)C(C)NP(=O)(OC[C@@]1(F)OC(n2ccc(=O)[nH]c2=O)[C@](C)(O)[C@@H]1O)Oc1ccccc1. The first-order chi connectivity index (χ1) is 17.2. The lowest BCUT2D eigenvalue weighted by molar-refractivity contribution is -0.204. The number of carbonyl (C=O) groups excluding carboxylic acids is 1. The van der Waals surface area contributed by atoms with Crippen molar-refractivity contribution < 1.29 is 42.5 Å². The summed E-state index contributed by atoms with van der Waals surface area (Å²) in [6.45, 7) is 4.29. The van der Waals surface area contributed by atoms with Gasteiger partial charge in [0.05, 0.1) is 6.10 Å². The molecule has 37 heavy (non-hydrogen) atoms. The van der Waals surface area contributed by atoms with Crippen LogP contribution in [0.25, 0.3) is 0 Å². The minimum Gasteiger partial charge on any atom is -0.462 e. The van der Waals surface area contributed by atoms with Gasteiger partial charge in [-0.15, -0.1) is 0 Å². The zero-order chi connectivity index (χ0) is 27.6. The normalized spacial score (nSPS) is 28.0. The fourth-order valence-corrected chi connectivity index (χ4v) is 5.02. The number of aromatic nitrogens is 2. The number of halogens is 1. The van der Waals surface area contributed by atoms with Gasteiger partial charge in [0.15, 0.2) is 6.23 Å². The van der Waals surface area contributed by atoms with Crippen LogP contribution in [0.1, 0.15) is 33.9 Å². The maximum absolute atomic E-state index is 15.8. The molecule has 0 radical (unpaired) electrons. The second-order valence-corrected chi connectivity index (χ2v) is 10.6. The van der Waals surface area contributed by atoms with Crippen molar-refractivity contribution in [2.24, 2.45) is 0 Å². The molecular formula is C22H29FN3O10P. The summed E-state index contributed by atoms with van der Waals surface area (Å²) in [4.78, 5) is 37.7. The third-order valence-electron chi connectivity index (χ3n) is 5.33. The maximum atomic E-state index is 15.8. The Morgan fingerprint density at radius 3 is 2.51 bits per heavy atom. The Morgan fingerprint density at radius 1 is 1.27 bits per heavy atom. The number of alkyl halides is 1. The van der Waals surface area contributed by atoms with Gasteiger partial charge in [-0.1, -0.05) is 18.2 Å². The summed E-state index contributed by atoms with van der Waals surface area (Å²) < 4.78 is 51.0. The molecule has 15 heteroatoms. The molecule has 1 aromatic heterocycles. The van der Waals surface area contributed by atoms with Crippen LogP contribution in [-0.4, -0.2) is 62.0 Å². The van der Waals surface area contributed by atoms with Gasteiger partial charge in [-0.05, 0) is 39.8 Å². The van der Waals surface area contributed by atoms with Crippen molar-refractivity contribution >= 4 is 13.7 Å². The molecule has 0 saturated carbocycles. The van der Waals surface area contributed by atoms with Crippen LogP contribution in [0.3, 0.4) is 0 Å². The first-order valence-electron chi connectivity index (χ1n) is 11.2. The lowest BCUT2D eigenvalue weighted by Crippen LogP contribution is -2.50. The number of esters is 1. The van der Waals surface area contributed by atoms with E-state index in [9.17, 15) is 29.2 Å². The number of para-hydroxylation sites is 1. The summed E-state index contributed by atoms with van der Waals surface area (Å²) in [5.41, 5.74) is -4.18. The highest BCUT2D eigenvalue weighted by atomic mass is 31.2. The molecule has 6 atom stereocenters. The first-order valence-corrected chi connectivity index (χ1v) is 12.8. The zero-order valence-corrected chi connectivity index (χ0v) is 21.4. The molecule has 1 aromatic carbocycles. The monoisotopic (exact) mass is 545 g/mol. The Labute approximate surface area is 210 Å². The molecule has 0 bridgehead atoms. The molecule has 1 saturated heterocycles. The molecule has 0 amide bonds. The number of H-pyrrole nitrogens is 1. The van der Waals surface area contributed by atoms with Gasteiger partial charge in [0, 0.05) is 12.3 Å². The summed E-state index contributed by atoms with van der Waals surface area (Å²) in [7, 11) is -4.55. The van der Waals surface area contributed by atoms with Crippen LogP contribution in [0.4, 0.5) is 4.39 Å². The molecule has 0 aliphatic carbocycles. The molecule has 3 rings (SSSR count). The average molecular weight is 545 g/mol. The van der Waals surface area contributed by atoms with Gasteiger partial charge in [-0.3, -0.25) is 23.7 Å². The van der Waals surface area contributed by atoms with Crippen molar-refractivity contribution in [1.82, 2.24) is 14.6 Å². The molecule has 204 valence electrons. The van der Waals surface area contributed by atoms with Crippen molar-refractivity contribution in [2.45, 2.75) is 63.6 Å². The Bertz CT molecular complexity index is 1270. The Balaban J connectivity index is 1.86. The van der Waals surface area contributed by atoms with Gasteiger partial charge < -0.3 is 24.2 Å². The van der Waals surface area contributed by atoms with Gasteiger partial charge in [-0.2, -0.15) is 5.09 Å². The number of nitrogens with one attached hydrogen (secondary N) is 2. The number of aliphatic hydroxyl groups is 2. The van der Waals surface area contributed by atoms with Crippen LogP contribution in [-0.2, 0) is 23.4 Å². The third-order valence-corrected chi connectivity index (χ3v) is 6.95. The van der Waals surface area contributed by atoms with Gasteiger partial charge in [0.2, 0.25) is 0 Å². The highest BCUT2D eigenvalue weighted by Crippen LogP contribution is 2.50. The number of carbonyl (C=O) groups is 1. The summed E-state index contributed by atoms with van der Waals surface area (Å²) in [6, 6.07) is 7.38. The van der Waals surface area contributed by atoms with Crippen molar-refractivity contribution in [3.8, 4) is 5.75 Å². The summed E-state index contributed by atoms with van der Waals surface area (Å²) in [5.74, 6) is -3.95. The lowest BCUT2D eigenvalue weighted by Gasteiger charge is -2.29. The van der Waals surface area contributed by atoms with Crippen molar-refractivity contribution in [3.63, 3.8) is 0 Å². The number of aromatic amines is 1. The van der Waals surface area contributed by atoms with Gasteiger partial charge in [-0.25, -0.2) is 13.8 Å². The summed E-state index contributed by atoms with van der Waals surface area (Å²) >= 11 is 0. The number of aliphatic hydroxyl groups excluding tert-OH is 1. The summed E-state index contributed by atoms with van der Waals surface area (Å²) in [5, 5.41) is 23.7. The molecule has 0 spiro atoms. The number of rotatable bonds is 10. The van der Waals surface area contributed by atoms with Gasteiger partial charge in [0.25, 0.3) is 11.4 Å². The molecule has 4 N–H and O–H groups in total. The van der Waals surface area contributed by atoms with E-state index in [1.807, 2.05) is 4.98 Å². The van der Waals surface area contributed by atoms with E-state index in [4.69, 9.17) is 18.5 Å². The van der Waals surface area contributed by atoms with Gasteiger partial charge in [0.1, 0.15) is 30.1 Å². The minimum atomic E-state index is -4.55. The summed E-state index contributed by atoms with van der Waals surface area (Å²) in [6.07, 6.45) is -3.63. The second kappa shape index (κ2) is 10.9. The van der Waals surface area contributed by atoms with Crippen LogP contribution in [0.2, 0.25) is 0 Å². The maximum Gasteiger partial charge on any atom is 0.459 e. The molecule has 2 aromatic rings. The highest BCUT2D eigenvalue weighted by molar-refractivity contribution is 7.52. The number of nitrogens with zero attached hydrogens (tertiary/aromatic N) is 1. The number of hydrogen-bond donors (Lipinski definition) is 4. The van der Waals surface area contributed by atoms with Crippen LogP contribution in [0.15, 0.2) is 52.2 Å². The molecule has 2 heterocycles. The quantitative estimate of drug-likeness (QED) is 0.247. The van der Waals surface area contributed by atoms with E-state index in [0.717, 1.165) is 19.2 Å². The molecule has 1 aliphatic rings. The lowest BCUT2D eigenvalue weighted by atomic mass is 9.95. The van der Waals surface area contributed by atoms with E-state index in [2.05, 4.69) is 5.09 Å². The van der Waals surface area contributed by atoms with Crippen LogP contribution < -0.4 is 20.9 Å². The Hall–Kier alpha value is -2.87. The molecule has 3 unspecified atom stereocenters. The third kappa shape index (κ3) is 6.53. The van der Waals surface area contributed by atoms with E-state index in [-0.39, 0.29) is 5.75 Å². The first kappa shape index (κ1) is 28.7. The van der Waals surface area contributed by atoms with Crippen LogP contribution >= 0.6 is 7.75 Å². The number of ether oxygens (including phenoxy) is 2. The smallest absolute Gasteiger partial charge is 0.459 e. The van der Waals surface area contributed by atoms with Crippen molar-refractivity contribution in [3.05, 3.63) is 63.4 Å². The van der Waals surface area contributed by atoms with E-state index in [1.54, 1.807) is 32.0 Å². The van der Waals surface area contributed by atoms with E-state index in [0.29, 0.717) is 4.57 Å². The number of benzene rings is 1. The Kier molecular flexibility index (Phi) is 8.42. The van der Waals surface area contributed by atoms with Crippen molar-refractivity contribution in [2.75, 3.05) is 6.61 Å². The fraction of sp³-hybridized carbons (Fsp3) is 0.500. The fourth-order valence-electron chi connectivity index (χ4n) is 3.51. The van der Waals surface area contributed by atoms with Crippen LogP contribution in [0.5, 0.6) is 5.75 Å². The minimum absolute atomic E-state index is 0.0493. The largest absolute Gasteiger partial charge is 0.462 e. The molecule has 1 aliphatic heterocycles.